The van der Waals surface area contributed by atoms with Crippen molar-refractivity contribution in [1.29, 1.82) is 0 Å². The maximum atomic E-state index is 6.06. The lowest BCUT2D eigenvalue weighted by atomic mass is 9.98. The Labute approximate surface area is 176 Å². The highest BCUT2D eigenvalue weighted by Gasteiger charge is 2.22. The number of rotatable bonds is 4. The predicted molar refractivity (Wildman–Crippen MR) is 117 cm³/mol. The molecule has 0 aliphatic carbocycles. The molecule has 0 saturated heterocycles. The van der Waals surface area contributed by atoms with Crippen LogP contribution in [0.3, 0.4) is 0 Å². The lowest BCUT2D eigenvalue weighted by Crippen LogP contribution is -2.31. The molecule has 0 N–H and O–H groups in total. The zero-order chi connectivity index (χ0) is 20.5. The minimum absolute atomic E-state index is 0.497. The van der Waals surface area contributed by atoms with Crippen LogP contribution in [0.25, 0.3) is 11.6 Å². The van der Waals surface area contributed by atoms with Crippen molar-refractivity contribution in [3.8, 4) is 23.0 Å². The molecular weight excluding hydrogens is 378 g/mol. The minimum Gasteiger partial charge on any atom is -0.493 e. The van der Waals surface area contributed by atoms with Crippen molar-refractivity contribution in [1.82, 2.24) is 0 Å². The van der Waals surface area contributed by atoms with E-state index in [0.717, 1.165) is 46.0 Å². The Balaban J connectivity index is 1.46. The van der Waals surface area contributed by atoms with Gasteiger partial charge in [-0.1, -0.05) is 24.3 Å². The molecule has 5 nitrogen and oxygen atoms in total. The van der Waals surface area contributed by atoms with Crippen molar-refractivity contribution < 1.29 is 18.9 Å². The molecule has 0 saturated carbocycles. The number of benzene rings is 3. The molecule has 0 radical (unpaired) electrons. The summed E-state index contributed by atoms with van der Waals surface area (Å²) in [5.41, 5.74) is 5.51. The van der Waals surface area contributed by atoms with E-state index in [9.17, 15) is 0 Å². The van der Waals surface area contributed by atoms with Crippen LogP contribution < -0.4 is 23.8 Å². The fourth-order valence-electron chi connectivity index (χ4n) is 3.91. The van der Waals surface area contributed by atoms with Crippen LogP contribution in [0.5, 0.6) is 23.0 Å². The van der Waals surface area contributed by atoms with Gasteiger partial charge in [-0.15, -0.1) is 0 Å². The van der Waals surface area contributed by atoms with Crippen LogP contribution in [0.15, 0.2) is 60.7 Å². The molecule has 2 aliphatic rings. The van der Waals surface area contributed by atoms with Gasteiger partial charge in [0.2, 0.25) is 0 Å². The average molecular weight is 401 g/mol. The van der Waals surface area contributed by atoms with E-state index in [1.165, 1.54) is 0 Å². The van der Waals surface area contributed by atoms with Crippen molar-refractivity contribution in [2.75, 3.05) is 32.5 Å². The molecule has 2 heterocycles. The highest BCUT2D eigenvalue weighted by molar-refractivity contribution is 5.86. The molecule has 2 aliphatic heterocycles. The zero-order valence-corrected chi connectivity index (χ0v) is 17.1. The van der Waals surface area contributed by atoms with E-state index in [-0.39, 0.29) is 0 Å². The van der Waals surface area contributed by atoms with Gasteiger partial charge in [0.05, 0.1) is 14.2 Å². The molecule has 0 fully saturated rings. The summed E-state index contributed by atoms with van der Waals surface area (Å²) in [6.07, 6.45) is 2.18. The summed E-state index contributed by atoms with van der Waals surface area (Å²) in [4.78, 5) is 2.22. The Morgan fingerprint density at radius 1 is 0.833 bits per heavy atom. The van der Waals surface area contributed by atoms with E-state index < -0.39 is 0 Å². The van der Waals surface area contributed by atoms with E-state index in [0.29, 0.717) is 24.8 Å². The first-order valence-electron chi connectivity index (χ1n) is 9.90. The fourth-order valence-corrected chi connectivity index (χ4v) is 3.91. The molecule has 5 heteroatoms. The maximum Gasteiger partial charge on any atom is 0.161 e. The molecule has 0 spiro atoms. The Morgan fingerprint density at radius 2 is 1.67 bits per heavy atom. The lowest BCUT2D eigenvalue weighted by Gasteiger charge is -2.32. The van der Waals surface area contributed by atoms with E-state index in [1.54, 1.807) is 14.2 Å². The van der Waals surface area contributed by atoms with Gasteiger partial charge in [-0.05, 0) is 47.5 Å². The van der Waals surface area contributed by atoms with Gasteiger partial charge in [-0.25, -0.2) is 0 Å². The third-order valence-electron chi connectivity index (χ3n) is 5.52. The van der Waals surface area contributed by atoms with Crippen LogP contribution in [-0.2, 0) is 6.54 Å². The summed E-state index contributed by atoms with van der Waals surface area (Å²) in [7, 11) is 3.29. The smallest absolute Gasteiger partial charge is 0.161 e. The zero-order valence-electron chi connectivity index (χ0n) is 17.1. The van der Waals surface area contributed by atoms with Gasteiger partial charge in [0.1, 0.15) is 18.1 Å². The van der Waals surface area contributed by atoms with Gasteiger partial charge in [0.25, 0.3) is 0 Å². The molecule has 0 amide bonds. The SMILES string of the molecule is COc1ccc(C2=Cc3cc4c(cc3OC2)OCN(c2ccccc2)C4)cc1OC. The summed E-state index contributed by atoms with van der Waals surface area (Å²) < 4.78 is 22.9. The molecule has 5 rings (SSSR count). The van der Waals surface area contributed by atoms with Crippen molar-refractivity contribution >= 4 is 17.3 Å². The van der Waals surface area contributed by atoms with Crippen molar-refractivity contribution in [2.45, 2.75) is 6.54 Å². The van der Waals surface area contributed by atoms with Crippen LogP contribution in [0.1, 0.15) is 16.7 Å². The summed E-state index contributed by atoms with van der Waals surface area (Å²) >= 11 is 0. The normalized spacial score (nSPS) is 14.6. The third-order valence-corrected chi connectivity index (χ3v) is 5.52. The molecular formula is C25H23NO4. The first kappa shape index (κ1) is 18.4. The van der Waals surface area contributed by atoms with Crippen molar-refractivity contribution in [2.24, 2.45) is 0 Å². The number of ether oxygens (including phenoxy) is 4. The average Bonchev–Trinajstić information content (AvgIpc) is 2.82. The Hall–Kier alpha value is -3.60. The molecule has 0 aromatic heterocycles. The van der Waals surface area contributed by atoms with Gasteiger partial charge >= 0.3 is 0 Å². The standard InChI is InChI=1S/C25H23NO4/c1-27-22-9-8-17(12-25(22)28-2)20-11-18-10-19-14-26(21-6-4-3-5-7-21)16-30-24(19)13-23(18)29-15-20/h3-13H,14-16H2,1-2H3. The number of hydrogen-bond acceptors (Lipinski definition) is 5. The highest BCUT2D eigenvalue weighted by atomic mass is 16.5. The van der Waals surface area contributed by atoms with Crippen LogP contribution >= 0.6 is 0 Å². The largest absolute Gasteiger partial charge is 0.493 e. The van der Waals surface area contributed by atoms with Gasteiger partial charge in [0, 0.05) is 29.4 Å². The van der Waals surface area contributed by atoms with Crippen LogP contribution in [0.2, 0.25) is 0 Å². The number of fused-ring (bicyclic) bond motifs is 2. The van der Waals surface area contributed by atoms with E-state index in [1.807, 2.05) is 42.5 Å². The fraction of sp³-hybridized carbons (Fsp3) is 0.200. The molecule has 3 aromatic rings. The van der Waals surface area contributed by atoms with Gasteiger partial charge in [0.15, 0.2) is 18.2 Å². The van der Waals surface area contributed by atoms with E-state index in [4.69, 9.17) is 18.9 Å². The van der Waals surface area contributed by atoms with Crippen LogP contribution in [-0.4, -0.2) is 27.6 Å². The van der Waals surface area contributed by atoms with Gasteiger partial charge in [-0.2, -0.15) is 0 Å². The van der Waals surface area contributed by atoms with Crippen molar-refractivity contribution in [3.05, 3.63) is 77.4 Å². The highest BCUT2D eigenvalue weighted by Crippen LogP contribution is 2.39. The van der Waals surface area contributed by atoms with Gasteiger partial charge < -0.3 is 23.8 Å². The number of para-hydroxylation sites is 1. The van der Waals surface area contributed by atoms with E-state index in [2.05, 4.69) is 29.2 Å². The first-order valence-corrected chi connectivity index (χ1v) is 9.90. The molecule has 3 aromatic carbocycles. The molecule has 0 bridgehead atoms. The number of hydrogen-bond donors (Lipinski definition) is 0. The van der Waals surface area contributed by atoms with Crippen LogP contribution in [0.4, 0.5) is 5.69 Å². The summed E-state index contributed by atoms with van der Waals surface area (Å²) in [5, 5.41) is 0. The quantitative estimate of drug-likeness (QED) is 0.616. The summed E-state index contributed by atoms with van der Waals surface area (Å²) in [6.45, 7) is 1.83. The lowest BCUT2D eigenvalue weighted by molar-refractivity contribution is 0.285. The van der Waals surface area contributed by atoms with Crippen LogP contribution in [0, 0.1) is 0 Å². The molecule has 152 valence electrons. The topological polar surface area (TPSA) is 40.2 Å². The second-order valence-corrected chi connectivity index (χ2v) is 7.33. The second-order valence-electron chi connectivity index (χ2n) is 7.33. The Kier molecular flexibility index (Phi) is 4.71. The van der Waals surface area contributed by atoms with Gasteiger partial charge in [-0.3, -0.25) is 0 Å². The first-order chi connectivity index (χ1) is 14.7. The summed E-state index contributed by atoms with van der Waals surface area (Å²) in [5.74, 6) is 3.17. The number of nitrogens with zero attached hydrogens (tertiary/aromatic N) is 1. The molecule has 0 unspecified atom stereocenters. The Bertz CT molecular complexity index is 1110. The maximum absolute atomic E-state index is 6.06. The second kappa shape index (κ2) is 7.67. The Morgan fingerprint density at radius 3 is 2.47 bits per heavy atom. The molecule has 0 atom stereocenters. The van der Waals surface area contributed by atoms with E-state index >= 15 is 0 Å². The monoisotopic (exact) mass is 401 g/mol. The molecule has 30 heavy (non-hydrogen) atoms. The summed E-state index contributed by atoms with van der Waals surface area (Å²) in [6, 6.07) is 20.4. The predicted octanol–water partition coefficient (Wildman–Crippen LogP) is 4.99. The number of methoxy groups -OCH3 is 2. The third kappa shape index (κ3) is 3.32. The van der Waals surface area contributed by atoms with Crippen molar-refractivity contribution in [3.63, 3.8) is 0 Å². The number of anilines is 1. The minimum atomic E-state index is 0.497.